The van der Waals surface area contributed by atoms with Crippen molar-refractivity contribution in [1.29, 1.82) is 0 Å². The number of aromatic amines is 1. The molecule has 1 aliphatic rings. The van der Waals surface area contributed by atoms with Crippen molar-refractivity contribution in [2.75, 3.05) is 24.6 Å². The van der Waals surface area contributed by atoms with Gasteiger partial charge in [-0.05, 0) is 18.6 Å². The summed E-state index contributed by atoms with van der Waals surface area (Å²) >= 11 is 0. The average molecular weight is 332 g/mol. The first kappa shape index (κ1) is 16.4. The van der Waals surface area contributed by atoms with Gasteiger partial charge in [0, 0.05) is 31.4 Å². The van der Waals surface area contributed by atoms with Gasteiger partial charge in [-0.1, -0.05) is 12.1 Å². The zero-order valence-corrected chi connectivity index (χ0v) is 13.3. The number of rotatable bonds is 6. The molecule has 1 fully saturated rings. The molecule has 0 aliphatic carbocycles. The number of imidazole rings is 1. The molecular formula is C17H21FN4O2. The molecule has 0 spiro atoms. The Morgan fingerprint density at radius 1 is 1.50 bits per heavy atom. The van der Waals surface area contributed by atoms with Gasteiger partial charge in [-0.2, -0.15) is 0 Å². The van der Waals surface area contributed by atoms with Crippen LogP contribution in [-0.4, -0.2) is 46.7 Å². The van der Waals surface area contributed by atoms with E-state index >= 15 is 0 Å². The normalized spacial score (nSPS) is 18.6. The molecule has 3 rings (SSSR count). The van der Waals surface area contributed by atoms with Crippen molar-refractivity contribution in [1.82, 2.24) is 15.3 Å². The van der Waals surface area contributed by atoms with Crippen LogP contribution in [0.4, 0.5) is 10.1 Å². The number of hydrogen-bond acceptors (Lipinski definition) is 4. The van der Waals surface area contributed by atoms with Crippen LogP contribution in [0.1, 0.15) is 12.1 Å². The van der Waals surface area contributed by atoms with Gasteiger partial charge in [-0.15, -0.1) is 0 Å². The van der Waals surface area contributed by atoms with Crippen LogP contribution in [-0.2, 0) is 11.2 Å². The number of benzene rings is 1. The minimum absolute atomic E-state index is 0.104. The number of aromatic nitrogens is 2. The summed E-state index contributed by atoms with van der Waals surface area (Å²) in [6, 6.07) is 6.23. The lowest BCUT2D eigenvalue weighted by atomic mass is 10.1. The van der Waals surface area contributed by atoms with Crippen LogP contribution in [0.5, 0.6) is 0 Å². The van der Waals surface area contributed by atoms with E-state index in [9.17, 15) is 14.3 Å². The van der Waals surface area contributed by atoms with E-state index in [2.05, 4.69) is 15.3 Å². The molecule has 3 N–H and O–H groups in total. The summed E-state index contributed by atoms with van der Waals surface area (Å²) in [5.41, 5.74) is 1.39. The number of halogens is 1. The highest BCUT2D eigenvalue weighted by Gasteiger charge is 2.30. The third kappa shape index (κ3) is 3.73. The lowest BCUT2D eigenvalue weighted by Crippen LogP contribution is -2.43. The standard InChI is InChI=1S/C17H21FN4O2/c18-15-3-1-2-4-16(15)22-6-5-12(9-22)17(24)21-14(10-23)7-13-8-19-11-20-13/h1-4,8,11-12,14,23H,5-7,9-10H2,(H,19,20)(H,21,24)/t12?,14-/m0/s1. The Hall–Kier alpha value is -2.41. The number of amides is 1. The highest BCUT2D eigenvalue weighted by atomic mass is 19.1. The number of anilines is 1. The van der Waals surface area contributed by atoms with E-state index in [1.807, 2.05) is 4.90 Å². The number of H-pyrrole nitrogens is 1. The highest BCUT2D eigenvalue weighted by molar-refractivity contribution is 5.80. The van der Waals surface area contributed by atoms with Crippen LogP contribution < -0.4 is 10.2 Å². The first-order valence-electron chi connectivity index (χ1n) is 8.05. The fraction of sp³-hybridized carbons (Fsp3) is 0.412. The van der Waals surface area contributed by atoms with Crippen LogP contribution in [0.25, 0.3) is 0 Å². The maximum absolute atomic E-state index is 13.9. The Morgan fingerprint density at radius 3 is 3.04 bits per heavy atom. The molecule has 1 aromatic carbocycles. The van der Waals surface area contributed by atoms with Crippen LogP contribution >= 0.6 is 0 Å². The molecule has 1 amide bonds. The number of carbonyl (C=O) groups is 1. The van der Waals surface area contributed by atoms with Crippen molar-refractivity contribution in [2.45, 2.75) is 18.9 Å². The van der Waals surface area contributed by atoms with E-state index in [0.717, 1.165) is 5.69 Å². The average Bonchev–Trinajstić information content (AvgIpc) is 3.26. The summed E-state index contributed by atoms with van der Waals surface area (Å²) in [6.45, 7) is 0.979. The van der Waals surface area contributed by atoms with Crippen molar-refractivity contribution in [3.8, 4) is 0 Å². The second-order valence-corrected chi connectivity index (χ2v) is 6.05. The number of para-hydroxylation sites is 1. The Balaban J connectivity index is 1.57. The zero-order chi connectivity index (χ0) is 16.9. The second kappa shape index (κ2) is 7.44. The molecular weight excluding hydrogens is 311 g/mol. The number of hydrogen-bond donors (Lipinski definition) is 3. The van der Waals surface area contributed by atoms with Gasteiger partial charge in [-0.3, -0.25) is 4.79 Å². The first-order chi connectivity index (χ1) is 11.7. The summed E-state index contributed by atoms with van der Waals surface area (Å²) < 4.78 is 13.9. The smallest absolute Gasteiger partial charge is 0.225 e. The van der Waals surface area contributed by atoms with Gasteiger partial charge in [0.05, 0.1) is 30.6 Å². The van der Waals surface area contributed by atoms with E-state index in [4.69, 9.17) is 0 Å². The van der Waals surface area contributed by atoms with Crippen molar-refractivity contribution in [2.24, 2.45) is 5.92 Å². The summed E-state index contributed by atoms with van der Waals surface area (Å²) in [5.74, 6) is -0.584. The quantitative estimate of drug-likeness (QED) is 0.740. The number of nitrogens with zero attached hydrogens (tertiary/aromatic N) is 2. The van der Waals surface area contributed by atoms with Gasteiger partial charge < -0.3 is 20.3 Å². The fourth-order valence-corrected chi connectivity index (χ4v) is 3.04. The molecule has 2 atom stereocenters. The molecule has 1 saturated heterocycles. The molecule has 2 aromatic rings. The molecule has 1 aromatic heterocycles. The zero-order valence-electron chi connectivity index (χ0n) is 13.3. The number of aliphatic hydroxyl groups is 1. The predicted molar refractivity (Wildman–Crippen MR) is 88.0 cm³/mol. The SMILES string of the molecule is O=C(N[C@H](CO)Cc1cnc[nH]1)C1CCN(c2ccccc2F)C1. The van der Waals surface area contributed by atoms with Crippen molar-refractivity contribution in [3.05, 3.63) is 48.3 Å². The predicted octanol–water partition coefficient (Wildman–Crippen LogP) is 1.09. The van der Waals surface area contributed by atoms with Gasteiger partial charge >= 0.3 is 0 Å². The number of nitrogens with one attached hydrogen (secondary N) is 2. The van der Waals surface area contributed by atoms with Gasteiger partial charge in [-0.25, -0.2) is 9.37 Å². The van der Waals surface area contributed by atoms with Crippen LogP contribution in [0, 0.1) is 11.7 Å². The van der Waals surface area contributed by atoms with E-state index in [1.165, 1.54) is 6.07 Å². The van der Waals surface area contributed by atoms with E-state index < -0.39 is 0 Å². The first-order valence-corrected chi connectivity index (χ1v) is 8.05. The summed E-state index contributed by atoms with van der Waals surface area (Å²) in [5, 5.41) is 12.4. The lowest BCUT2D eigenvalue weighted by molar-refractivity contribution is -0.125. The Kier molecular flexibility index (Phi) is 5.10. The maximum Gasteiger partial charge on any atom is 0.225 e. The Labute approximate surface area is 139 Å². The highest BCUT2D eigenvalue weighted by Crippen LogP contribution is 2.26. The number of aliphatic hydroxyl groups excluding tert-OH is 1. The second-order valence-electron chi connectivity index (χ2n) is 6.05. The van der Waals surface area contributed by atoms with Gasteiger partial charge in [0.1, 0.15) is 5.82 Å². The summed E-state index contributed by atoms with van der Waals surface area (Å²) in [4.78, 5) is 21.2. The largest absolute Gasteiger partial charge is 0.394 e. The van der Waals surface area contributed by atoms with Crippen molar-refractivity contribution >= 4 is 11.6 Å². The number of carbonyl (C=O) groups excluding carboxylic acids is 1. The van der Waals surface area contributed by atoms with Crippen molar-refractivity contribution < 1.29 is 14.3 Å². The Bertz CT molecular complexity index is 677. The topological polar surface area (TPSA) is 81.2 Å². The van der Waals surface area contributed by atoms with Crippen molar-refractivity contribution in [3.63, 3.8) is 0 Å². The molecule has 0 bridgehead atoms. The maximum atomic E-state index is 13.9. The monoisotopic (exact) mass is 332 g/mol. The lowest BCUT2D eigenvalue weighted by Gasteiger charge is -2.20. The van der Waals surface area contributed by atoms with Crippen LogP contribution in [0.15, 0.2) is 36.8 Å². The van der Waals surface area contributed by atoms with Crippen LogP contribution in [0.2, 0.25) is 0 Å². The molecule has 1 aliphatic heterocycles. The fourth-order valence-electron chi connectivity index (χ4n) is 3.04. The molecule has 0 radical (unpaired) electrons. The van der Waals surface area contributed by atoms with Gasteiger partial charge in [0.25, 0.3) is 0 Å². The Morgan fingerprint density at radius 2 is 2.33 bits per heavy atom. The minimum atomic E-state index is -0.361. The molecule has 2 heterocycles. The molecule has 24 heavy (non-hydrogen) atoms. The molecule has 128 valence electrons. The summed E-state index contributed by atoms with van der Waals surface area (Å²) in [7, 11) is 0. The van der Waals surface area contributed by atoms with Gasteiger partial charge in [0.2, 0.25) is 5.91 Å². The third-order valence-corrected chi connectivity index (χ3v) is 4.34. The minimum Gasteiger partial charge on any atom is -0.394 e. The molecule has 1 unspecified atom stereocenters. The van der Waals surface area contributed by atoms with E-state index in [-0.39, 0.29) is 30.3 Å². The van der Waals surface area contributed by atoms with E-state index in [0.29, 0.717) is 31.6 Å². The third-order valence-electron chi connectivity index (χ3n) is 4.34. The van der Waals surface area contributed by atoms with Gasteiger partial charge in [0.15, 0.2) is 0 Å². The molecule has 6 nitrogen and oxygen atoms in total. The summed E-state index contributed by atoms with van der Waals surface area (Å²) in [6.07, 6.45) is 4.40. The molecule has 7 heteroatoms. The van der Waals surface area contributed by atoms with E-state index in [1.54, 1.807) is 30.7 Å². The van der Waals surface area contributed by atoms with Crippen LogP contribution in [0.3, 0.4) is 0 Å². The molecule has 0 saturated carbocycles.